The van der Waals surface area contributed by atoms with Crippen molar-refractivity contribution >= 4 is 0 Å². The summed E-state index contributed by atoms with van der Waals surface area (Å²) in [6.07, 6.45) is 32.4. The maximum Gasteiger partial charge on any atom is 0.132 e. The molecule has 0 aromatic heterocycles. The SMILES string of the molecule is COC1=CC(O)C=C(CC=C(C)CCC=C(C)CCC=C(C)CCC=C(C)CCC=C(C)CCC=C(C)CCC=C(C)C)C1O. The Morgan fingerprint density at radius 3 is 1.20 bits per heavy atom. The highest BCUT2D eigenvalue weighted by atomic mass is 16.5. The zero-order valence-electron chi connectivity index (χ0n) is 30.3. The summed E-state index contributed by atoms with van der Waals surface area (Å²) >= 11 is 0. The van der Waals surface area contributed by atoms with E-state index < -0.39 is 12.2 Å². The van der Waals surface area contributed by atoms with Gasteiger partial charge in [-0.3, -0.25) is 0 Å². The summed E-state index contributed by atoms with van der Waals surface area (Å²) in [5.41, 5.74) is 11.0. The summed E-state index contributed by atoms with van der Waals surface area (Å²) in [6, 6.07) is 0. The van der Waals surface area contributed by atoms with Crippen molar-refractivity contribution in [2.24, 2.45) is 0 Å². The first-order valence-electron chi connectivity index (χ1n) is 17.3. The largest absolute Gasteiger partial charge is 0.498 e. The fraction of sp³-hybridized carbons (Fsp3) is 0.571. The smallest absolute Gasteiger partial charge is 0.132 e. The van der Waals surface area contributed by atoms with Crippen molar-refractivity contribution in [2.45, 2.75) is 151 Å². The van der Waals surface area contributed by atoms with E-state index in [2.05, 4.69) is 97.9 Å². The Labute approximate surface area is 277 Å². The van der Waals surface area contributed by atoms with Gasteiger partial charge in [0.2, 0.25) is 0 Å². The molecule has 2 unspecified atom stereocenters. The normalized spacial score (nSPS) is 19.0. The summed E-state index contributed by atoms with van der Waals surface area (Å²) in [5.74, 6) is 0.421. The highest BCUT2D eigenvalue weighted by Crippen LogP contribution is 2.24. The standard InChI is InChI=1S/C42H66O3/c1-32(2)16-10-17-33(3)18-11-19-34(4)20-12-21-35(5)22-13-23-36(6)24-14-25-37(7)26-15-27-38(8)28-29-39-30-40(43)31-41(45-9)42(39)44/h16,18,20,22,24,26,28,30-31,40,42-44H,10-15,17,19,21,23,25,27,29H2,1-9H3. The van der Waals surface area contributed by atoms with Crippen LogP contribution in [-0.4, -0.2) is 29.5 Å². The molecule has 0 aromatic rings. The molecule has 1 aliphatic rings. The maximum atomic E-state index is 10.4. The van der Waals surface area contributed by atoms with E-state index in [1.165, 1.54) is 59.0 Å². The van der Waals surface area contributed by atoms with Crippen LogP contribution in [0.1, 0.15) is 139 Å². The molecule has 1 rings (SSSR count). The number of hydrogen-bond donors (Lipinski definition) is 2. The van der Waals surface area contributed by atoms with Crippen molar-refractivity contribution < 1.29 is 14.9 Å². The molecular formula is C42H66O3. The Balaban J connectivity index is 2.28. The van der Waals surface area contributed by atoms with Gasteiger partial charge in [0.1, 0.15) is 11.9 Å². The van der Waals surface area contributed by atoms with Crippen molar-refractivity contribution in [1.29, 1.82) is 0 Å². The second-order valence-electron chi connectivity index (χ2n) is 13.4. The molecule has 0 spiro atoms. The van der Waals surface area contributed by atoms with Gasteiger partial charge in [0, 0.05) is 0 Å². The minimum atomic E-state index is -0.770. The van der Waals surface area contributed by atoms with Crippen LogP contribution in [0.3, 0.4) is 0 Å². The Kier molecular flexibility index (Phi) is 21.3. The summed E-state index contributed by atoms with van der Waals surface area (Å²) in [5, 5.41) is 20.3. The van der Waals surface area contributed by atoms with Crippen LogP contribution in [-0.2, 0) is 4.74 Å². The topological polar surface area (TPSA) is 49.7 Å². The van der Waals surface area contributed by atoms with Gasteiger partial charge >= 0.3 is 0 Å². The van der Waals surface area contributed by atoms with Gasteiger partial charge in [-0.1, -0.05) is 81.5 Å². The molecule has 0 saturated carbocycles. The lowest BCUT2D eigenvalue weighted by molar-refractivity contribution is 0.136. The van der Waals surface area contributed by atoms with E-state index in [0.29, 0.717) is 12.2 Å². The molecule has 3 nitrogen and oxygen atoms in total. The molecule has 0 radical (unpaired) electrons. The van der Waals surface area contributed by atoms with Crippen molar-refractivity contribution in [3.63, 3.8) is 0 Å². The van der Waals surface area contributed by atoms with Crippen molar-refractivity contribution in [3.8, 4) is 0 Å². The number of rotatable bonds is 21. The van der Waals surface area contributed by atoms with E-state index in [9.17, 15) is 10.2 Å². The van der Waals surface area contributed by atoms with E-state index in [4.69, 9.17) is 4.74 Å². The van der Waals surface area contributed by atoms with Crippen molar-refractivity contribution in [1.82, 2.24) is 0 Å². The second-order valence-corrected chi connectivity index (χ2v) is 13.4. The molecule has 1 aliphatic carbocycles. The molecule has 0 aromatic carbocycles. The molecule has 0 heterocycles. The number of allylic oxidation sites excluding steroid dienone is 14. The Hall–Kier alpha value is -2.62. The predicted octanol–water partition coefficient (Wildman–Crippen LogP) is 11.9. The molecular weight excluding hydrogens is 552 g/mol. The fourth-order valence-electron chi connectivity index (χ4n) is 5.38. The van der Waals surface area contributed by atoms with E-state index >= 15 is 0 Å². The third-order valence-corrected chi connectivity index (χ3v) is 8.51. The first-order chi connectivity index (χ1) is 21.4. The highest BCUT2D eigenvalue weighted by molar-refractivity contribution is 5.31. The van der Waals surface area contributed by atoms with E-state index in [0.717, 1.165) is 69.8 Å². The fourth-order valence-corrected chi connectivity index (χ4v) is 5.38. The number of aliphatic hydroxyl groups is 2. The van der Waals surface area contributed by atoms with E-state index in [1.807, 2.05) is 0 Å². The molecule has 0 saturated heterocycles. The lowest BCUT2D eigenvalue weighted by Gasteiger charge is -2.22. The molecule has 0 bridgehead atoms. The minimum absolute atomic E-state index is 0.421. The minimum Gasteiger partial charge on any atom is -0.498 e. The average Bonchev–Trinajstić information content (AvgIpc) is 2.97. The number of ether oxygens (including phenoxy) is 1. The van der Waals surface area contributed by atoms with Gasteiger partial charge in [-0.15, -0.1) is 0 Å². The Morgan fingerprint density at radius 2 is 0.867 bits per heavy atom. The Morgan fingerprint density at radius 1 is 0.533 bits per heavy atom. The van der Waals surface area contributed by atoms with E-state index in [1.54, 1.807) is 12.2 Å². The lowest BCUT2D eigenvalue weighted by atomic mass is 9.95. The van der Waals surface area contributed by atoms with E-state index in [-0.39, 0.29) is 0 Å². The predicted molar refractivity (Wildman–Crippen MR) is 197 cm³/mol. The van der Waals surface area contributed by atoms with Gasteiger partial charge < -0.3 is 14.9 Å². The van der Waals surface area contributed by atoms with Gasteiger partial charge in [0.05, 0.1) is 13.2 Å². The molecule has 3 heteroatoms. The molecule has 0 aliphatic heterocycles. The maximum absolute atomic E-state index is 10.4. The van der Waals surface area contributed by atoms with Crippen LogP contribution >= 0.6 is 0 Å². The van der Waals surface area contributed by atoms with Crippen LogP contribution in [0.4, 0.5) is 0 Å². The number of hydrogen-bond acceptors (Lipinski definition) is 3. The van der Waals surface area contributed by atoms with Crippen LogP contribution in [0.25, 0.3) is 0 Å². The van der Waals surface area contributed by atoms with Crippen molar-refractivity contribution in [2.75, 3.05) is 7.11 Å². The van der Waals surface area contributed by atoms with Crippen LogP contribution < -0.4 is 0 Å². The van der Waals surface area contributed by atoms with Gasteiger partial charge in [0.15, 0.2) is 0 Å². The molecule has 0 amide bonds. The first-order valence-corrected chi connectivity index (χ1v) is 17.3. The summed E-state index contributed by atoms with van der Waals surface area (Å²) in [6.45, 7) is 17.8. The molecule has 252 valence electrons. The average molecular weight is 619 g/mol. The van der Waals surface area contributed by atoms with Gasteiger partial charge in [0.25, 0.3) is 0 Å². The first kappa shape index (κ1) is 40.4. The van der Waals surface area contributed by atoms with Crippen LogP contribution in [0, 0.1) is 0 Å². The van der Waals surface area contributed by atoms with Crippen molar-refractivity contribution in [3.05, 3.63) is 105 Å². The second kappa shape index (κ2) is 23.7. The molecule has 0 fully saturated rings. The van der Waals surface area contributed by atoms with Gasteiger partial charge in [-0.2, -0.15) is 0 Å². The molecule has 2 atom stereocenters. The third-order valence-electron chi connectivity index (χ3n) is 8.51. The summed E-state index contributed by atoms with van der Waals surface area (Å²) in [7, 11) is 1.52. The molecule has 2 N–H and O–H groups in total. The van der Waals surface area contributed by atoms with Crippen LogP contribution in [0.2, 0.25) is 0 Å². The highest BCUT2D eigenvalue weighted by Gasteiger charge is 2.22. The lowest BCUT2D eigenvalue weighted by Crippen LogP contribution is -2.22. The zero-order valence-corrected chi connectivity index (χ0v) is 30.3. The monoisotopic (exact) mass is 619 g/mol. The quantitative estimate of drug-likeness (QED) is 0.126. The zero-order chi connectivity index (χ0) is 33.6. The van der Waals surface area contributed by atoms with Gasteiger partial charge in [-0.05, 0) is 157 Å². The third kappa shape index (κ3) is 20.2. The Bertz CT molecular complexity index is 1160. The van der Waals surface area contributed by atoms with Gasteiger partial charge in [-0.25, -0.2) is 0 Å². The number of aliphatic hydroxyl groups excluding tert-OH is 2. The van der Waals surface area contributed by atoms with Crippen LogP contribution in [0.15, 0.2) is 105 Å². The summed E-state index contributed by atoms with van der Waals surface area (Å²) in [4.78, 5) is 0. The number of methoxy groups -OCH3 is 1. The summed E-state index contributed by atoms with van der Waals surface area (Å²) < 4.78 is 5.19. The molecule has 45 heavy (non-hydrogen) atoms. The van der Waals surface area contributed by atoms with Crippen LogP contribution in [0.5, 0.6) is 0 Å².